The number of hydrogen-bond donors (Lipinski definition) is 8. The molecule has 172 valence electrons. The van der Waals surface area contributed by atoms with Crippen LogP contribution in [0.1, 0.15) is 25.5 Å². The molecule has 4 amide bonds. The van der Waals surface area contributed by atoms with E-state index >= 15 is 0 Å². The predicted octanol–water partition coefficient (Wildman–Crippen LogP) is -3.90. The molecule has 10 N–H and O–H groups in total. The predicted molar refractivity (Wildman–Crippen MR) is 105 cm³/mol. The van der Waals surface area contributed by atoms with Gasteiger partial charge in [-0.2, -0.15) is 0 Å². The van der Waals surface area contributed by atoms with Crippen LogP contribution in [0.2, 0.25) is 0 Å². The van der Waals surface area contributed by atoms with Crippen molar-refractivity contribution in [2.45, 2.75) is 50.4 Å². The van der Waals surface area contributed by atoms with Crippen molar-refractivity contribution in [2.75, 3.05) is 6.61 Å². The van der Waals surface area contributed by atoms with Crippen molar-refractivity contribution in [3.63, 3.8) is 0 Å². The van der Waals surface area contributed by atoms with Gasteiger partial charge in [0.15, 0.2) is 0 Å². The van der Waals surface area contributed by atoms with Crippen LogP contribution in [0.4, 0.5) is 0 Å². The summed E-state index contributed by atoms with van der Waals surface area (Å²) in [4.78, 5) is 65.6. The van der Waals surface area contributed by atoms with Crippen LogP contribution in [0.5, 0.6) is 0 Å². The average Bonchev–Trinajstić information content (AvgIpc) is 3.21. The van der Waals surface area contributed by atoms with Gasteiger partial charge in [0.1, 0.15) is 18.1 Å². The fourth-order valence-electron chi connectivity index (χ4n) is 2.42. The van der Waals surface area contributed by atoms with Crippen LogP contribution < -0.4 is 27.4 Å². The summed E-state index contributed by atoms with van der Waals surface area (Å²) in [5, 5.41) is 24.6. The van der Waals surface area contributed by atoms with E-state index in [2.05, 4.69) is 25.9 Å². The smallest absolute Gasteiger partial charge is 0.328 e. The molecule has 4 atom stereocenters. The third-order valence-electron chi connectivity index (χ3n) is 4.19. The Labute approximate surface area is 177 Å². The largest absolute Gasteiger partial charge is 0.480 e. The van der Waals surface area contributed by atoms with Crippen LogP contribution in [0, 0.1) is 0 Å². The number of carbonyl (C=O) groups is 5. The van der Waals surface area contributed by atoms with E-state index in [9.17, 15) is 24.0 Å². The zero-order valence-corrected chi connectivity index (χ0v) is 16.8. The van der Waals surface area contributed by atoms with Gasteiger partial charge in [0.25, 0.3) is 0 Å². The first-order chi connectivity index (χ1) is 14.5. The Morgan fingerprint density at radius 2 is 1.74 bits per heavy atom. The highest BCUT2D eigenvalue weighted by molar-refractivity contribution is 5.94. The standard InChI is InChI=1S/C17H27N7O7/c1-8(14(27)24-12(6-25)17(30)31)22-16(29)11(2-3-13(19)26)23-15(28)10(18)4-9-5-20-7-21-9/h5,7-8,10-12,25H,2-4,6,18H2,1H3,(H2,19,26)(H,20,21)(H,22,29)(H,23,28)(H,24,27)(H,30,31). The molecule has 1 aromatic rings. The second-order valence-electron chi connectivity index (χ2n) is 6.77. The number of rotatable bonds is 13. The van der Waals surface area contributed by atoms with E-state index in [1.165, 1.54) is 19.4 Å². The summed E-state index contributed by atoms with van der Waals surface area (Å²) >= 11 is 0. The van der Waals surface area contributed by atoms with Crippen LogP contribution in [-0.4, -0.2) is 80.6 Å². The van der Waals surface area contributed by atoms with Gasteiger partial charge in [-0.25, -0.2) is 9.78 Å². The normalized spacial score (nSPS) is 14.5. The Hall–Kier alpha value is -3.52. The average molecular weight is 441 g/mol. The van der Waals surface area contributed by atoms with Crippen molar-refractivity contribution in [3.05, 3.63) is 18.2 Å². The third kappa shape index (κ3) is 8.79. The SMILES string of the molecule is CC(NC(=O)C(CCC(N)=O)NC(=O)C(N)Cc1cnc[nH]1)C(=O)NC(CO)C(=O)O. The zero-order valence-electron chi connectivity index (χ0n) is 16.8. The molecule has 0 fully saturated rings. The number of hydrogen-bond acceptors (Lipinski definition) is 8. The molecule has 0 radical (unpaired) electrons. The van der Waals surface area contributed by atoms with Crippen molar-refractivity contribution in [2.24, 2.45) is 11.5 Å². The molecular weight excluding hydrogens is 414 g/mol. The minimum Gasteiger partial charge on any atom is -0.480 e. The maximum absolute atomic E-state index is 12.6. The molecule has 0 spiro atoms. The van der Waals surface area contributed by atoms with Crippen molar-refractivity contribution in [3.8, 4) is 0 Å². The molecule has 0 aliphatic rings. The maximum Gasteiger partial charge on any atom is 0.328 e. The Bertz CT molecular complexity index is 784. The molecule has 1 heterocycles. The molecule has 1 rings (SSSR count). The van der Waals surface area contributed by atoms with Gasteiger partial charge in [0, 0.05) is 24.7 Å². The number of nitrogens with one attached hydrogen (secondary N) is 4. The number of nitrogens with two attached hydrogens (primary N) is 2. The lowest BCUT2D eigenvalue weighted by molar-refractivity contribution is -0.143. The van der Waals surface area contributed by atoms with Gasteiger partial charge < -0.3 is 42.6 Å². The number of amides is 4. The molecule has 31 heavy (non-hydrogen) atoms. The number of H-pyrrole nitrogens is 1. The monoisotopic (exact) mass is 441 g/mol. The highest BCUT2D eigenvalue weighted by Gasteiger charge is 2.28. The lowest BCUT2D eigenvalue weighted by Gasteiger charge is -2.23. The molecule has 0 bridgehead atoms. The van der Waals surface area contributed by atoms with E-state index in [-0.39, 0.29) is 19.3 Å². The number of carboxylic acids is 1. The van der Waals surface area contributed by atoms with Crippen LogP contribution in [0.25, 0.3) is 0 Å². The van der Waals surface area contributed by atoms with Crippen molar-refractivity contribution in [1.82, 2.24) is 25.9 Å². The molecule has 0 aromatic carbocycles. The molecule has 14 heteroatoms. The number of aromatic nitrogens is 2. The summed E-state index contributed by atoms with van der Waals surface area (Å²) in [6.07, 6.45) is 2.65. The summed E-state index contributed by atoms with van der Waals surface area (Å²) in [6, 6.07) is -4.99. The summed E-state index contributed by atoms with van der Waals surface area (Å²) in [5.74, 6) is -4.51. The molecule has 0 aliphatic heterocycles. The Morgan fingerprint density at radius 3 is 2.26 bits per heavy atom. The highest BCUT2D eigenvalue weighted by atomic mass is 16.4. The minimum atomic E-state index is -1.54. The van der Waals surface area contributed by atoms with E-state index in [4.69, 9.17) is 21.7 Å². The number of aliphatic carboxylic acids is 1. The number of primary amides is 1. The third-order valence-corrected chi connectivity index (χ3v) is 4.19. The van der Waals surface area contributed by atoms with Gasteiger partial charge in [0.2, 0.25) is 23.6 Å². The Morgan fingerprint density at radius 1 is 1.10 bits per heavy atom. The number of aliphatic hydroxyl groups excluding tert-OH is 1. The summed E-state index contributed by atoms with van der Waals surface area (Å²) in [7, 11) is 0. The topological polar surface area (TPSA) is 243 Å². The van der Waals surface area contributed by atoms with Gasteiger partial charge in [-0.3, -0.25) is 19.2 Å². The molecule has 14 nitrogen and oxygen atoms in total. The van der Waals surface area contributed by atoms with Gasteiger partial charge in [0.05, 0.1) is 19.0 Å². The summed E-state index contributed by atoms with van der Waals surface area (Å²) in [5.41, 5.74) is 11.5. The van der Waals surface area contributed by atoms with Gasteiger partial charge in [-0.1, -0.05) is 0 Å². The van der Waals surface area contributed by atoms with E-state index in [1.54, 1.807) is 0 Å². The molecule has 0 aliphatic carbocycles. The van der Waals surface area contributed by atoms with Crippen molar-refractivity contribution < 1.29 is 34.2 Å². The number of carbonyl (C=O) groups excluding carboxylic acids is 4. The van der Waals surface area contributed by atoms with Crippen molar-refractivity contribution >= 4 is 29.6 Å². The van der Waals surface area contributed by atoms with Crippen LogP contribution in [0.15, 0.2) is 12.5 Å². The summed E-state index contributed by atoms with van der Waals surface area (Å²) in [6.45, 7) is 0.438. The highest BCUT2D eigenvalue weighted by Crippen LogP contribution is 2.02. The first-order valence-corrected chi connectivity index (χ1v) is 9.31. The molecule has 0 saturated heterocycles. The Balaban J connectivity index is 2.75. The number of carboxylic acid groups (broad SMARTS) is 1. The van der Waals surface area contributed by atoms with E-state index in [0.29, 0.717) is 5.69 Å². The summed E-state index contributed by atoms with van der Waals surface area (Å²) < 4.78 is 0. The molecular formula is C17H27N7O7. The van der Waals surface area contributed by atoms with Crippen molar-refractivity contribution in [1.29, 1.82) is 0 Å². The van der Waals surface area contributed by atoms with Crippen LogP contribution >= 0.6 is 0 Å². The van der Waals surface area contributed by atoms with Gasteiger partial charge in [-0.05, 0) is 13.3 Å². The Kier molecular flexibility index (Phi) is 10.1. The molecule has 4 unspecified atom stereocenters. The van der Waals surface area contributed by atoms with E-state index in [1.807, 2.05) is 0 Å². The van der Waals surface area contributed by atoms with E-state index in [0.717, 1.165) is 0 Å². The number of nitrogens with zero attached hydrogens (tertiary/aromatic N) is 1. The number of aliphatic hydroxyl groups is 1. The lowest BCUT2D eigenvalue weighted by atomic mass is 10.1. The van der Waals surface area contributed by atoms with E-state index < -0.39 is 60.4 Å². The lowest BCUT2D eigenvalue weighted by Crippen LogP contribution is -2.57. The quantitative estimate of drug-likeness (QED) is 0.149. The fraction of sp³-hybridized carbons (Fsp3) is 0.529. The van der Waals surface area contributed by atoms with Gasteiger partial charge >= 0.3 is 5.97 Å². The fourth-order valence-corrected chi connectivity index (χ4v) is 2.42. The minimum absolute atomic E-state index is 0.118. The van der Waals surface area contributed by atoms with Crippen LogP contribution in [-0.2, 0) is 30.4 Å². The molecule has 0 saturated carbocycles. The second-order valence-corrected chi connectivity index (χ2v) is 6.77. The number of aromatic amines is 1. The zero-order chi connectivity index (χ0) is 23.6. The first-order valence-electron chi connectivity index (χ1n) is 9.31. The maximum atomic E-state index is 12.6. The second kappa shape index (κ2) is 12.2. The molecule has 1 aromatic heterocycles. The van der Waals surface area contributed by atoms with Gasteiger partial charge in [-0.15, -0.1) is 0 Å². The first kappa shape index (κ1) is 25.5. The number of imidazole rings is 1. The van der Waals surface area contributed by atoms with Crippen LogP contribution in [0.3, 0.4) is 0 Å².